The average molecular weight is 383 g/mol. The molecule has 1 aromatic heterocycles. The van der Waals surface area contributed by atoms with E-state index in [2.05, 4.69) is 15.5 Å². The van der Waals surface area contributed by atoms with Crippen molar-refractivity contribution in [2.45, 2.75) is 5.16 Å². The maximum Gasteiger partial charge on any atom is 0.248 e. The number of nitrogens with two attached hydrogens (primary N) is 1. The summed E-state index contributed by atoms with van der Waals surface area (Å²) in [6.07, 6.45) is 1.57. The van der Waals surface area contributed by atoms with E-state index in [1.807, 2.05) is 24.3 Å². The third kappa shape index (κ3) is 4.45. The Morgan fingerprint density at radius 3 is 2.63 bits per heavy atom. The lowest BCUT2D eigenvalue weighted by atomic mass is 10.2. The van der Waals surface area contributed by atoms with E-state index in [-0.39, 0.29) is 11.7 Å². The minimum Gasteiger partial charge on any atom is -0.495 e. The number of para-hydroxylation sites is 2. The number of nitrogens with one attached hydrogen (secondary N) is 1. The SMILES string of the molecule is COc1ccccc1-n1cnnc1SCC(=O)Nc1ccc(C(N)=O)cc1. The van der Waals surface area contributed by atoms with Gasteiger partial charge in [-0.3, -0.25) is 14.2 Å². The van der Waals surface area contributed by atoms with Crippen LogP contribution in [0.5, 0.6) is 5.75 Å². The van der Waals surface area contributed by atoms with Crippen molar-refractivity contribution in [1.82, 2.24) is 14.8 Å². The Morgan fingerprint density at radius 1 is 1.19 bits per heavy atom. The molecule has 0 atom stereocenters. The fourth-order valence-electron chi connectivity index (χ4n) is 2.36. The highest BCUT2D eigenvalue weighted by atomic mass is 32.2. The second-order valence-corrected chi connectivity index (χ2v) is 6.38. The predicted octanol–water partition coefficient (Wildman–Crippen LogP) is 2.11. The first kappa shape index (κ1) is 18.5. The van der Waals surface area contributed by atoms with E-state index in [0.717, 1.165) is 5.69 Å². The molecule has 0 aliphatic rings. The van der Waals surface area contributed by atoms with E-state index in [1.54, 1.807) is 42.3 Å². The lowest BCUT2D eigenvalue weighted by Crippen LogP contribution is -2.15. The normalized spacial score (nSPS) is 10.4. The molecular formula is C18H17N5O3S. The summed E-state index contributed by atoms with van der Waals surface area (Å²) in [5.74, 6) is 0.101. The third-order valence-corrected chi connectivity index (χ3v) is 4.59. The number of methoxy groups -OCH3 is 1. The molecule has 0 radical (unpaired) electrons. The number of aromatic nitrogens is 3. The van der Waals surface area contributed by atoms with Gasteiger partial charge >= 0.3 is 0 Å². The van der Waals surface area contributed by atoms with E-state index in [4.69, 9.17) is 10.5 Å². The van der Waals surface area contributed by atoms with Gasteiger partial charge < -0.3 is 15.8 Å². The Bertz CT molecular complexity index is 956. The number of primary amides is 1. The van der Waals surface area contributed by atoms with Crippen LogP contribution in [-0.4, -0.2) is 39.4 Å². The van der Waals surface area contributed by atoms with Gasteiger partial charge in [-0.15, -0.1) is 10.2 Å². The number of nitrogens with zero attached hydrogens (tertiary/aromatic N) is 3. The molecule has 0 bridgehead atoms. The number of carbonyl (C=O) groups is 2. The van der Waals surface area contributed by atoms with Gasteiger partial charge in [-0.25, -0.2) is 0 Å². The van der Waals surface area contributed by atoms with Crippen LogP contribution in [0.25, 0.3) is 5.69 Å². The molecule has 1 heterocycles. The Labute approximate surface area is 159 Å². The Kier molecular flexibility index (Phi) is 5.72. The summed E-state index contributed by atoms with van der Waals surface area (Å²) >= 11 is 1.25. The van der Waals surface area contributed by atoms with Crippen LogP contribution in [0.4, 0.5) is 5.69 Å². The monoisotopic (exact) mass is 383 g/mol. The lowest BCUT2D eigenvalue weighted by Gasteiger charge is -2.10. The molecule has 0 saturated heterocycles. The topological polar surface area (TPSA) is 112 Å². The van der Waals surface area contributed by atoms with E-state index < -0.39 is 5.91 Å². The number of ether oxygens (including phenoxy) is 1. The minimum atomic E-state index is -0.515. The predicted molar refractivity (Wildman–Crippen MR) is 102 cm³/mol. The van der Waals surface area contributed by atoms with Crippen LogP contribution in [0, 0.1) is 0 Å². The maximum atomic E-state index is 12.2. The quantitative estimate of drug-likeness (QED) is 0.604. The molecular weight excluding hydrogens is 366 g/mol. The van der Waals surface area contributed by atoms with Gasteiger partial charge in [0, 0.05) is 11.3 Å². The first-order valence-corrected chi connectivity index (χ1v) is 8.93. The molecule has 9 heteroatoms. The van der Waals surface area contributed by atoms with Gasteiger partial charge in [-0.2, -0.15) is 0 Å². The van der Waals surface area contributed by atoms with Crippen molar-refractivity contribution in [3.8, 4) is 11.4 Å². The van der Waals surface area contributed by atoms with Gasteiger partial charge in [0.2, 0.25) is 11.8 Å². The summed E-state index contributed by atoms with van der Waals surface area (Å²) in [5.41, 5.74) is 6.95. The molecule has 0 fully saturated rings. The summed E-state index contributed by atoms with van der Waals surface area (Å²) in [4.78, 5) is 23.3. The molecule has 3 aromatic rings. The largest absolute Gasteiger partial charge is 0.495 e. The molecule has 3 N–H and O–H groups in total. The highest BCUT2D eigenvalue weighted by molar-refractivity contribution is 7.99. The molecule has 0 saturated carbocycles. The summed E-state index contributed by atoms with van der Waals surface area (Å²) < 4.78 is 7.12. The van der Waals surface area contributed by atoms with Gasteiger partial charge in [0.05, 0.1) is 18.6 Å². The van der Waals surface area contributed by atoms with Gasteiger partial charge in [-0.1, -0.05) is 23.9 Å². The Morgan fingerprint density at radius 2 is 1.93 bits per heavy atom. The van der Waals surface area contributed by atoms with Gasteiger partial charge in [-0.05, 0) is 36.4 Å². The molecule has 2 aromatic carbocycles. The number of carbonyl (C=O) groups excluding carboxylic acids is 2. The number of thioether (sulfide) groups is 1. The number of benzene rings is 2. The molecule has 0 aliphatic heterocycles. The van der Waals surface area contributed by atoms with Crippen molar-refractivity contribution in [1.29, 1.82) is 0 Å². The molecule has 0 spiro atoms. The Balaban J connectivity index is 1.65. The van der Waals surface area contributed by atoms with Crippen molar-refractivity contribution < 1.29 is 14.3 Å². The van der Waals surface area contributed by atoms with Crippen LogP contribution in [0.3, 0.4) is 0 Å². The van der Waals surface area contributed by atoms with Crippen molar-refractivity contribution in [3.05, 3.63) is 60.4 Å². The van der Waals surface area contributed by atoms with Crippen LogP contribution in [0.2, 0.25) is 0 Å². The second kappa shape index (κ2) is 8.37. The van der Waals surface area contributed by atoms with Crippen LogP contribution >= 0.6 is 11.8 Å². The minimum absolute atomic E-state index is 0.144. The van der Waals surface area contributed by atoms with E-state index >= 15 is 0 Å². The lowest BCUT2D eigenvalue weighted by molar-refractivity contribution is -0.113. The van der Waals surface area contributed by atoms with Crippen molar-refractivity contribution in [2.75, 3.05) is 18.2 Å². The van der Waals surface area contributed by atoms with E-state index in [9.17, 15) is 9.59 Å². The van der Waals surface area contributed by atoms with Crippen LogP contribution in [0.1, 0.15) is 10.4 Å². The highest BCUT2D eigenvalue weighted by Crippen LogP contribution is 2.26. The standard InChI is InChI=1S/C18H17N5O3S/c1-26-15-5-3-2-4-14(15)23-11-20-22-18(23)27-10-16(24)21-13-8-6-12(7-9-13)17(19)25/h2-9,11H,10H2,1H3,(H2,19,25)(H,21,24). The van der Waals surface area contributed by atoms with Gasteiger partial charge in [0.25, 0.3) is 0 Å². The number of hydrogen-bond acceptors (Lipinski definition) is 6. The number of hydrogen-bond donors (Lipinski definition) is 2. The fourth-order valence-corrected chi connectivity index (χ4v) is 3.08. The zero-order chi connectivity index (χ0) is 19.2. The summed E-state index contributed by atoms with van der Waals surface area (Å²) in [6, 6.07) is 13.8. The average Bonchev–Trinajstić information content (AvgIpc) is 3.15. The molecule has 2 amide bonds. The van der Waals surface area contributed by atoms with Crippen LogP contribution in [0.15, 0.2) is 60.0 Å². The van der Waals surface area contributed by atoms with E-state index in [1.165, 1.54) is 11.8 Å². The van der Waals surface area contributed by atoms with Crippen molar-refractivity contribution in [2.24, 2.45) is 5.73 Å². The van der Waals surface area contributed by atoms with E-state index in [0.29, 0.717) is 22.2 Å². The molecule has 138 valence electrons. The smallest absolute Gasteiger partial charge is 0.248 e. The molecule has 27 heavy (non-hydrogen) atoms. The summed E-state index contributed by atoms with van der Waals surface area (Å²) in [6.45, 7) is 0. The van der Waals surface area contributed by atoms with Crippen LogP contribution in [-0.2, 0) is 4.79 Å². The number of anilines is 1. The Hall–Kier alpha value is -3.33. The van der Waals surface area contributed by atoms with Crippen molar-refractivity contribution in [3.63, 3.8) is 0 Å². The number of rotatable bonds is 7. The molecule has 0 unspecified atom stereocenters. The van der Waals surface area contributed by atoms with Crippen molar-refractivity contribution >= 4 is 29.3 Å². The molecule has 8 nitrogen and oxygen atoms in total. The van der Waals surface area contributed by atoms with Gasteiger partial charge in [0.1, 0.15) is 12.1 Å². The first-order chi connectivity index (χ1) is 13.1. The highest BCUT2D eigenvalue weighted by Gasteiger charge is 2.13. The first-order valence-electron chi connectivity index (χ1n) is 7.94. The summed E-state index contributed by atoms with van der Waals surface area (Å²) in [5, 5.41) is 11.3. The maximum absolute atomic E-state index is 12.2. The molecule has 0 aliphatic carbocycles. The zero-order valence-electron chi connectivity index (χ0n) is 14.5. The fraction of sp³-hybridized carbons (Fsp3) is 0.111. The second-order valence-electron chi connectivity index (χ2n) is 5.43. The number of amides is 2. The zero-order valence-corrected chi connectivity index (χ0v) is 15.3. The van der Waals surface area contributed by atoms with Gasteiger partial charge in [0.15, 0.2) is 5.16 Å². The summed E-state index contributed by atoms with van der Waals surface area (Å²) in [7, 11) is 1.59. The molecule has 3 rings (SSSR count). The third-order valence-electron chi connectivity index (χ3n) is 3.65. The van der Waals surface area contributed by atoms with Crippen LogP contribution < -0.4 is 15.8 Å².